The van der Waals surface area contributed by atoms with Crippen LogP contribution in [-0.4, -0.2) is 64.7 Å². The molecule has 40 heavy (non-hydrogen) atoms. The van der Waals surface area contributed by atoms with Crippen molar-refractivity contribution in [3.8, 4) is 0 Å². The molecule has 0 aromatic heterocycles. The number of benzene rings is 3. The van der Waals surface area contributed by atoms with Crippen molar-refractivity contribution >= 4 is 34.2 Å². The van der Waals surface area contributed by atoms with Crippen LogP contribution in [0.15, 0.2) is 72.8 Å². The van der Waals surface area contributed by atoms with Crippen LogP contribution in [0.5, 0.6) is 0 Å². The highest BCUT2D eigenvalue weighted by Gasteiger charge is 2.75. The topological polar surface area (TPSA) is 108 Å². The molecule has 6 atom stereocenters. The zero-order chi connectivity index (χ0) is 27.9. The van der Waals surface area contributed by atoms with E-state index in [1.807, 2.05) is 79.7 Å². The number of likely N-dealkylation sites (tertiary alicyclic amines) is 1. The number of amides is 3. The van der Waals surface area contributed by atoms with Crippen molar-refractivity contribution in [2.45, 2.75) is 56.4 Å². The van der Waals surface area contributed by atoms with Crippen LogP contribution in [0, 0.1) is 11.8 Å². The van der Waals surface area contributed by atoms with Crippen molar-refractivity contribution in [1.82, 2.24) is 10.2 Å². The minimum atomic E-state index is -1.12. The number of carbonyl (C=O) groups excluding carboxylic acids is 3. The molecule has 6 rings (SSSR count). The van der Waals surface area contributed by atoms with E-state index < -0.39 is 35.6 Å². The fourth-order valence-electron chi connectivity index (χ4n) is 7.06. The summed E-state index contributed by atoms with van der Waals surface area (Å²) in [6.45, 7) is 2.17. The Morgan fingerprint density at radius 2 is 1.80 bits per heavy atom. The maximum absolute atomic E-state index is 14.3. The first-order valence-corrected chi connectivity index (χ1v) is 14.2. The smallest absolute Gasteiger partial charge is 0.250 e. The van der Waals surface area contributed by atoms with E-state index in [1.54, 1.807) is 0 Å². The molecule has 3 aromatic rings. The second kappa shape index (κ2) is 10.7. The van der Waals surface area contributed by atoms with Crippen LogP contribution in [-0.2, 0) is 25.5 Å². The summed E-state index contributed by atoms with van der Waals surface area (Å²) in [5.41, 5.74) is 0.436. The number of nitrogens with one attached hydrogen (secondary N) is 2. The Kier molecular flexibility index (Phi) is 7.06. The van der Waals surface area contributed by atoms with E-state index in [9.17, 15) is 19.5 Å². The van der Waals surface area contributed by atoms with Crippen LogP contribution in [0.3, 0.4) is 0 Å². The first-order chi connectivity index (χ1) is 19.5. The molecule has 0 aliphatic carbocycles. The number of ether oxygens (including phenoxy) is 1. The summed E-state index contributed by atoms with van der Waals surface area (Å²) in [5, 5.41) is 18.6. The first kappa shape index (κ1) is 26.5. The average Bonchev–Trinajstić information content (AvgIpc) is 3.62. The Balaban J connectivity index is 1.37. The Hall–Kier alpha value is -3.75. The Labute approximate surface area is 233 Å². The molecule has 1 spiro atoms. The molecule has 8 nitrogen and oxygen atoms in total. The zero-order valence-corrected chi connectivity index (χ0v) is 22.6. The third kappa shape index (κ3) is 4.35. The molecule has 3 saturated heterocycles. The second-order valence-corrected chi connectivity index (χ2v) is 11.2. The lowest BCUT2D eigenvalue weighted by Crippen LogP contribution is -2.56. The fourth-order valence-corrected chi connectivity index (χ4v) is 7.06. The SMILES string of the molecule is CCCNC(=O)[C@@H]1[C@@H]2CCC3(O2)C(C(=O)Nc2ccc4ccccc4c2)N([C@@H](CO)Cc2ccccc2)C(=O)[C@H]13. The number of aliphatic hydroxyl groups is 1. The quantitative estimate of drug-likeness (QED) is 0.385. The Morgan fingerprint density at radius 1 is 1.05 bits per heavy atom. The van der Waals surface area contributed by atoms with Crippen LogP contribution in [0.2, 0.25) is 0 Å². The van der Waals surface area contributed by atoms with E-state index in [1.165, 1.54) is 4.90 Å². The summed E-state index contributed by atoms with van der Waals surface area (Å²) in [5.74, 6) is -2.31. The first-order valence-electron chi connectivity index (χ1n) is 14.2. The maximum atomic E-state index is 14.3. The van der Waals surface area contributed by atoms with Crippen molar-refractivity contribution in [2.75, 3.05) is 18.5 Å². The maximum Gasteiger partial charge on any atom is 0.250 e. The lowest BCUT2D eigenvalue weighted by molar-refractivity contribution is -0.144. The standard InChI is InChI=1S/C32H35N3O5/c1-2-16-33-29(37)26-25-14-15-32(40-25)27(26)31(39)35(24(19-36)17-20-8-4-3-5-9-20)28(32)30(38)34-23-13-12-21-10-6-7-11-22(21)18-23/h3-13,18,24-28,36H,2,14-17,19H2,1H3,(H,33,37)(H,34,38)/t24-,25+,26-,27+,28?,32?/m1/s1. The van der Waals surface area contributed by atoms with Gasteiger partial charge >= 0.3 is 0 Å². The lowest BCUT2D eigenvalue weighted by Gasteiger charge is -2.36. The van der Waals surface area contributed by atoms with Crippen molar-refractivity contribution in [3.05, 3.63) is 78.4 Å². The number of fused-ring (bicyclic) bond motifs is 2. The van der Waals surface area contributed by atoms with Gasteiger partial charge in [0.15, 0.2) is 0 Å². The van der Waals surface area contributed by atoms with E-state index in [4.69, 9.17) is 4.74 Å². The summed E-state index contributed by atoms with van der Waals surface area (Å²) in [4.78, 5) is 43.3. The summed E-state index contributed by atoms with van der Waals surface area (Å²) in [6.07, 6.45) is 1.85. The highest BCUT2D eigenvalue weighted by molar-refractivity contribution is 6.04. The van der Waals surface area contributed by atoms with Gasteiger partial charge in [0, 0.05) is 12.2 Å². The summed E-state index contributed by atoms with van der Waals surface area (Å²) >= 11 is 0. The van der Waals surface area contributed by atoms with Crippen molar-refractivity contribution in [3.63, 3.8) is 0 Å². The van der Waals surface area contributed by atoms with Crippen LogP contribution in [0.1, 0.15) is 31.7 Å². The number of hydrogen-bond donors (Lipinski definition) is 3. The van der Waals surface area contributed by atoms with Crippen LogP contribution < -0.4 is 10.6 Å². The molecule has 3 fully saturated rings. The number of carbonyl (C=O) groups is 3. The summed E-state index contributed by atoms with van der Waals surface area (Å²) in [6, 6.07) is 21.6. The molecule has 0 radical (unpaired) electrons. The molecule has 0 saturated carbocycles. The second-order valence-electron chi connectivity index (χ2n) is 11.2. The van der Waals surface area contributed by atoms with Gasteiger partial charge in [-0.05, 0) is 54.2 Å². The molecule has 208 valence electrons. The molecule has 3 aliphatic heterocycles. The predicted molar refractivity (Wildman–Crippen MR) is 151 cm³/mol. The number of rotatable bonds is 9. The van der Waals surface area contributed by atoms with Gasteiger partial charge in [-0.2, -0.15) is 0 Å². The van der Waals surface area contributed by atoms with E-state index in [0.29, 0.717) is 31.5 Å². The molecule has 3 heterocycles. The van der Waals surface area contributed by atoms with Gasteiger partial charge in [-0.3, -0.25) is 14.4 Å². The minimum absolute atomic E-state index is 0.203. The van der Waals surface area contributed by atoms with E-state index in [0.717, 1.165) is 22.8 Å². The number of hydrogen-bond acceptors (Lipinski definition) is 5. The van der Waals surface area contributed by atoms with Gasteiger partial charge in [0.05, 0.1) is 30.6 Å². The average molecular weight is 542 g/mol. The third-order valence-corrected chi connectivity index (χ3v) is 8.77. The number of anilines is 1. The molecule has 2 bridgehead atoms. The largest absolute Gasteiger partial charge is 0.394 e. The van der Waals surface area contributed by atoms with Gasteiger partial charge in [0.25, 0.3) is 0 Å². The van der Waals surface area contributed by atoms with Crippen LogP contribution >= 0.6 is 0 Å². The fraction of sp³-hybridized carbons (Fsp3) is 0.406. The number of nitrogens with zero attached hydrogens (tertiary/aromatic N) is 1. The molecule has 3 aromatic carbocycles. The van der Waals surface area contributed by atoms with Gasteiger partial charge in [-0.15, -0.1) is 0 Å². The Bertz CT molecular complexity index is 1430. The van der Waals surface area contributed by atoms with Crippen molar-refractivity contribution in [2.24, 2.45) is 11.8 Å². The molecule has 8 heteroatoms. The monoisotopic (exact) mass is 541 g/mol. The van der Waals surface area contributed by atoms with E-state index in [-0.39, 0.29) is 24.3 Å². The normalized spacial score (nSPS) is 27.6. The summed E-state index contributed by atoms with van der Waals surface area (Å²) in [7, 11) is 0. The molecule has 3 aliphatic rings. The lowest BCUT2D eigenvalue weighted by atomic mass is 9.70. The highest BCUT2D eigenvalue weighted by atomic mass is 16.5. The van der Waals surface area contributed by atoms with Gasteiger partial charge in [0.1, 0.15) is 11.6 Å². The molecule has 3 amide bonds. The highest BCUT2D eigenvalue weighted by Crippen LogP contribution is 2.59. The van der Waals surface area contributed by atoms with Gasteiger partial charge < -0.3 is 25.4 Å². The van der Waals surface area contributed by atoms with Gasteiger partial charge in [0.2, 0.25) is 17.7 Å². The van der Waals surface area contributed by atoms with E-state index in [2.05, 4.69) is 10.6 Å². The third-order valence-electron chi connectivity index (χ3n) is 8.77. The van der Waals surface area contributed by atoms with Crippen LogP contribution in [0.4, 0.5) is 5.69 Å². The van der Waals surface area contributed by atoms with Crippen LogP contribution in [0.25, 0.3) is 10.8 Å². The van der Waals surface area contributed by atoms with E-state index >= 15 is 0 Å². The van der Waals surface area contributed by atoms with Gasteiger partial charge in [-0.1, -0.05) is 67.6 Å². The van der Waals surface area contributed by atoms with Crippen molar-refractivity contribution < 1.29 is 24.2 Å². The Morgan fingerprint density at radius 3 is 2.55 bits per heavy atom. The van der Waals surface area contributed by atoms with Crippen molar-refractivity contribution in [1.29, 1.82) is 0 Å². The molecular weight excluding hydrogens is 506 g/mol. The molecular formula is C32H35N3O5. The number of aliphatic hydroxyl groups excluding tert-OH is 1. The zero-order valence-electron chi connectivity index (χ0n) is 22.6. The summed E-state index contributed by atoms with van der Waals surface area (Å²) < 4.78 is 6.52. The predicted octanol–water partition coefficient (Wildman–Crippen LogP) is 3.28. The minimum Gasteiger partial charge on any atom is -0.394 e. The molecule has 2 unspecified atom stereocenters. The molecule has 3 N–H and O–H groups in total. The van der Waals surface area contributed by atoms with Gasteiger partial charge in [-0.25, -0.2) is 0 Å².